The van der Waals surface area contributed by atoms with E-state index in [1.165, 1.54) is 0 Å². The van der Waals surface area contributed by atoms with E-state index in [0.717, 1.165) is 35.5 Å². The van der Waals surface area contributed by atoms with Crippen molar-refractivity contribution in [1.82, 2.24) is 24.6 Å². The average Bonchev–Trinajstić information content (AvgIpc) is 3.10. The number of hydrogen-bond donors (Lipinski definition) is 0. The number of anilines is 1. The molecule has 140 valence electrons. The van der Waals surface area contributed by atoms with Gasteiger partial charge in [-0.05, 0) is 39.0 Å². The molecule has 7 nitrogen and oxygen atoms in total. The Morgan fingerprint density at radius 3 is 2.48 bits per heavy atom. The van der Waals surface area contributed by atoms with Gasteiger partial charge in [0.2, 0.25) is 0 Å². The van der Waals surface area contributed by atoms with Gasteiger partial charge < -0.3 is 9.80 Å². The summed E-state index contributed by atoms with van der Waals surface area (Å²) in [5, 5.41) is 5.32. The van der Waals surface area contributed by atoms with Gasteiger partial charge in [0.1, 0.15) is 0 Å². The van der Waals surface area contributed by atoms with E-state index in [0.29, 0.717) is 18.7 Å². The van der Waals surface area contributed by atoms with Crippen molar-refractivity contribution in [2.75, 3.05) is 31.1 Å². The maximum atomic E-state index is 13.1. The summed E-state index contributed by atoms with van der Waals surface area (Å²) in [7, 11) is 0. The first kappa shape index (κ1) is 17.5. The summed E-state index contributed by atoms with van der Waals surface area (Å²) >= 11 is 0. The zero-order valence-electron chi connectivity index (χ0n) is 16.0. The molecule has 0 saturated carbocycles. The van der Waals surface area contributed by atoms with Crippen LogP contribution in [0, 0.1) is 6.92 Å². The highest BCUT2D eigenvalue weighted by atomic mass is 16.2. The lowest BCUT2D eigenvalue weighted by molar-refractivity contribution is 0.0745. The van der Waals surface area contributed by atoms with Gasteiger partial charge in [-0.3, -0.25) is 9.78 Å². The lowest BCUT2D eigenvalue weighted by atomic mass is 10.1. The second-order valence-corrected chi connectivity index (χ2v) is 7.20. The predicted octanol–water partition coefficient (Wildman–Crippen LogP) is 2.68. The summed E-state index contributed by atoms with van der Waals surface area (Å²) in [6, 6.07) is 6.18. The first-order valence-electron chi connectivity index (χ1n) is 9.33. The Labute approximate surface area is 158 Å². The Hall–Kier alpha value is -2.96. The van der Waals surface area contributed by atoms with Crippen LogP contribution in [0.2, 0.25) is 0 Å². The van der Waals surface area contributed by atoms with Crippen LogP contribution in [0.25, 0.3) is 11.0 Å². The van der Waals surface area contributed by atoms with Gasteiger partial charge in [0.05, 0.1) is 17.5 Å². The number of fused-ring (bicyclic) bond motifs is 1. The van der Waals surface area contributed by atoms with Crippen molar-refractivity contribution in [3.63, 3.8) is 0 Å². The van der Waals surface area contributed by atoms with Crippen molar-refractivity contribution in [2.24, 2.45) is 0 Å². The molecule has 3 aromatic rings. The SMILES string of the molecule is Cc1nc2c(cnn2C(C)C)cc1C(=O)N1CCN(c2ccncc2)CC1. The van der Waals surface area contributed by atoms with Crippen molar-refractivity contribution in [2.45, 2.75) is 26.8 Å². The number of hydrogen-bond acceptors (Lipinski definition) is 5. The van der Waals surface area contributed by atoms with Gasteiger partial charge >= 0.3 is 0 Å². The maximum absolute atomic E-state index is 13.1. The van der Waals surface area contributed by atoms with E-state index >= 15 is 0 Å². The van der Waals surface area contributed by atoms with E-state index in [-0.39, 0.29) is 11.9 Å². The Bertz CT molecular complexity index is 957. The summed E-state index contributed by atoms with van der Waals surface area (Å²) in [6.45, 7) is 9.08. The molecule has 1 saturated heterocycles. The maximum Gasteiger partial charge on any atom is 0.255 e. The second kappa shape index (κ2) is 6.98. The summed E-state index contributed by atoms with van der Waals surface area (Å²) in [5.74, 6) is 0.0496. The Morgan fingerprint density at radius 1 is 1.11 bits per heavy atom. The number of nitrogens with zero attached hydrogens (tertiary/aromatic N) is 6. The van der Waals surface area contributed by atoms with Gasteiger partial charge in [0.25, 0.3) is 5.91 Å². The molecule has 0 atom stereocenters. The lowest BCUT2D eigenvalue weighted by Crippen LogP contribution is -2.49. The standard InChI is InChI=1S/C20H24N6O/c1-14(2)26-19-16(13-22-26)12-18(15(3)23-19)20(27)25-10-8-24(9-11-25)17-4-6-21-7-5-17/h4-7,12-14H,8-11H2,1-3H3. The van der Waals surface area contributed by atoms with Crippen molar-refractivity contribution >= 4 is 22.6 Å². The molecule has 0 aliphatic carbocycles. The molecule has 0 radical (unpaired) electrons. The fourth-order valence-electron chi connectivity index (χ4n) is 3.55. The van der Waals surface area contributed by atoms with Crippen LogP contribution in [0.1, 0.15) is 35.9 Å². The van der Waals surface area contributed by atoms with E-state index in [4.69, 9.17) is 0 Å². The van der Waals surface area contributed by atoms with E-state index in [1.807, 2.05) is 34.7 Å². The number of aromatic nitrogens is 4. The number of rotatable bonds is 3. The van der Waals surface area contributed by atoms with Gasteiger partial charge in [0.15, 0.2) is 5.65 Å². The quantitative estimate of drug-likeness (QED) is 0.715. The monoisotopic (exact) mass is 364 g/mol. The number of piperazine rings is 1. The van der Waals surface area contributed by atoms with Crippen LogP contribution in [0.3, 0.4) is 0 Å². The molecule has 27 heavy (non-hydrogen) atoms. The summed E-state index contributed by atoms with van der Waals surface area (Å²) in [5.41, 5.74) is 3.41. The van der Waals surface area contributed by atoms with Gasteiger partial charge in [-0.15, -0.1) is 0 Å². The zero-order valence-corrected chi connectivity index (χ0v) is 16.0. The molecule has 0 N–H and O–H groups in total. The van der Waals surface area contributed by atoms with Crippen molar-refractivity contribution in [1.29, 1.82) is 0 Å². The van der Waals surface area contributed by atoms with Crippen LogP contribution in [0.4, 0.5) is 5.69 Å². The average molecular weight is 364 g/mol. The minimum absolute atomic E-state index is 0.0496. The molecule has 1 fully saturated rings. The molecule has 0 aromatic carbocycles. The molecule has 0 spiro atoms. The molecular weight excluding hydrogens is 340 g/mol. The van der Waals surface area contributed by atoms with Crippen LogP contribution >= 0.6 is 0 Å². The van der Waals surface area contributed by atoms with E-state index in [1.54, 1.807) is 18.6 Å². The topological polar surface area (TPSA) is 67.2 Å². The highest BCUT2D eigenvalue weighted by molar-refractivity contribution is 5.98. The first-order chi connectivity index (χ1) is 13.0. The molecule has 1 aliphatic heterocycles. The highest BCUT2D eigenvalue weighted by Gasteiger charge is 2.24. The van der Waals surface area contributed by atoms with Gasteiger partial charge in [-0.25, -0.2) is 9.67 Å². The normalized spacial score (nSPS) is 15.0. The minimum atomic E-state index is 0.0496. The van der Waals surface area contributed by atoms with Crippen LogP contribution in [0.15, 0.2) is 36.8 Å². The second-order valence-electron chi connectivity index (χ2n) is 7.20. The highest BCUT2D eigenvalue weighted by Crippen LogP contribution is 2.22. The largest absolute Gasteiger partial charge is 0.368 e. The molecule has 3 aromatic heterocycles. The molecule has 0 bridgehead atoms. The lowest BCUT2D eigenvalue weighted by Gasteiger charge is -2.36. The molecule has 1 amide bonds. The first-order valence-corrected chi connectivity index (χ1v) is 9.33. The molecule has 1 aliphatic rings. The summed E-state index contributed by atoms with van der Waals surface area (Å²) < 4.78 is 1.89. The Balaban J connectivity index is 1.52. The van der Waals surface area contributed by atoms with Crippen molar-refractivity contribution < 1.29 is 4.79 Å². The molecule has 4 rings (SSSR count). The van der Waals surface area contributed by atoms with Gasteiger partial charge in [0, 0.05) is 55.7 Å². The zero-order chi connectivity index (χ0) is 19.0. The fourth-order valence-corrected chi connectivity index (χ4v) is 3.55. The predicted molar refractivity (Wildman–Crippen MR) is 105 cm³/mol. The third-order valence-corrected chi connectivity index (χ3v) is 5.07. The van der Waals surface area contributed by atoms with E-state index < -0.39 is 0 Å². The third kappa shape index (κ3) is 3.25. The summed E-state index contributed by atoms with van der Waals surface area (Å²) in [4.78, 5) is 26.0. The van der Waals surface area contributed by atoms with Crippen molar-refractivity contribution in [3.05, 3.63) is 48.0 Å². The number of amides is 1. The molecule has 7 heteroatoms. The van der Waals surface area contributed by atoms with Gasteiger partial charge in [-0.2, -0.15) is 5.10 Å². The van der Waals surface area contributed by atoms with Crippen molar-refractivity contribution in [3.8, 4) is 0 Å². The Morgan fingerprint density at radius 2 is 1.81 bits per heavy atom. The fraction of sp³-hybridized carbons (Fsp3) is 0.400. The van der Waals surface area contributed by atoms with E-state index in [2.05, 4.69) is 33.8 Å². The molecule has 0 unspecified atom stereocenters. The number of pyridine rings is 2. The van der Waals surface area contributed by atoms with Crippen LogP contribution in [0.5, 0.6) is 0 Å². The van der Waals surface area contributed by atoms with Gasteiger partial charge in [-0.1, -0.05) is 0 Å². The molecular formula is C20H24N6O. The molecule has 4 heterocycles. The third-order valence-electron chi connectivity index (χ3n) is 5.07. The number of carbonyl (C=O) groups excluding carboxylic acids is 1. The smallest absolute Gasteiger partial charge is 0.255 e. The minimum Gasteiger partial charge on any atom is -0.368 e. The van der Waals surface area contributed by atoms with Crippen LogP contribution < -0.4 is 4.90 Å². The van der Waals surface area contributed by atoms with E-state index in [9.17, 15) is 4.79 Å². The number of carbonyl (C=O) groups is 1. The Kier molecular flexibility index (Phi) is 4.51. The van der Waals surface area contributed by atoms with Crippen LogP contribution in [-0.4, -0.2) is 56.7 Å². The number of aryl methyl sites for hydroxylation is 1. The van der Waals surface area contributed by atoms with Crippen LogP contribution in [-0.2, 0) is 0 Å². The summed E-state index contributed by atoms with van der Waals surface area (Å²) in [6.07, 6.45) is 5.39.